The molecule has 1 atom stereocenters. The van der Waals surface area contributed by atoms with Crippen molar-refractivity contribution in [2.45, 2.75) is 58.3 Å². The molecule has 1 saturated heterocycles. The van der Waals surface area contributed by atoms with Gasteiger partial charge in [0.2, 0.25) is 0 Å². The first-order valence-electron chi connectivity index (χ1n) is 8.30. The molecule has 5 nitrogen and oxygen atoms in total. The highest BCUT2D eigenvalue weighted by atomic mass is 16.7. The van der Waals surface area contributed by atoms with E-state index in [2.05, 4.69) is 56.0 Å². The second-order valence-electron chi connectivity index (χ2n) is 7.24. The Morgan fingerprint density at radius 3 is 2.43 bits per heavy atom. The average Bonchev–Trinajstić information content (AvgIpc) is 2.98. The Labute approximate surface area is 138 Å². The molecular formula is C17H26BN3O2. The summed E-state index contributed by atoms with van der Waals surface area (Å²) in [4.78, 5) is 8.10. The predicted molar refractivity (Wildman–Crippen MR) is 93.9 cm³/mol. The number of hydrogen-bond acceptors (Lipinski definition) is 4. The van der Waals surface area contributed by atoms with Crippen LogP contribution in [-0.4, -0.2) is 35.3 Å². The molecule has 1 unspecified atom stereocenters. The van der Waals surface area contributed by atoms with Crippen LogP contribution in [0.25, 0.3) is 11.0 Å². The number of fused-ring (bicyclic) bond motifs is 1. The van der Waals surface area contributed by atoms with Gasteiger partial charge in [0.1, 0.15) is 5.82 Å². The highest BCUT2D eigenvalue weighted by Crippen LogP contribution is 2.36. The third-order valence-corrected chi connectivity index (χ3v) is 5.14. The number of rotatable bonds is 4. The maximum Gasteiger partial charge on any atom is 0.494 e. The van der Waals surface area contributed by atoms with Crippen LogP contribution in [0.1, 0.15) is 52.9 Å². The molecule has 1 aliphatic rings. The maximum absolute atomic E-state index is 6.13. The van der Waals surface area contributed by atoms with Gasteiger partial charge < -0.3 is 19.6 Å². The van der Waals surface area contributed by atoms with Gasteiger partial charge in [0.25, 0.3) is 0 Å². The zero-order valence-electron chi connectivity index (χ0n) is 14.9. The minimum atomic E-state index is -0.345. The lowest BCUT2D eigenvalue weighted by molar-refractivity contribution is 0.00578. The Hall–Kier alpha value is -1.37. The number of nitrogens with zero attached hydrogens (tertiary/aromatic N) is 1. The van der Waals surface area contributed by atoms with E-state index in [1.165, 1.54) is 0 Å². The van der Waals surface area contributed by atoms with Crippen molar-refractivity contribution < 1.29 is 9.31 Å². The van der Waals surface area contributed by atoms with Crippen LogP contribution in [0.2, 0.25) is 0 Å². The van der Waals surface area contributed by atoms with Crippen LogP contribution in [0.5, 0.6) is 0 Å². The van der Waals surface area contributed by atoms with Crippen LogP contribution in [0, 0.1) is 0 Å². The molecule has 2 heterocycles. The van der Waals surface area contributed by atoms with E-state index in [0.29, 0.717) is 0 Å². The molecule has 0 radical (unpaired) electrons. The van der Waals surface area contributed by atoms with Gasteiger partial charge in [-0.3, -0.25) is 0 Å². The fourth-order valence-electron chi connectivity index (χ4n) is 2.87. The molecule has 2 aromatic rings. The third kappa shape index (κ3) is 2.79. The number of H-pyrrole nitrogens is 1. The molecule has 1 aromatic carbocycles. The van der Waals surface area contributed by atoms with Crippen molar-refractivity contribution in [3.63, 3.8) is 0 Å². The molecule has 124 valence electrons. The molecule has 0 saturated carbocycles. The molecule has 23 heavy (non-hydrogen) atoms. The van der Waals surface area contributed by atoms with E-state index < -0.39 is 0 Å². The van der Waals surface area contributed by atoms with Crippen molar-refractivity contribution in [3.05, 3.63) is 24.0 Å². The van der Waals surface area contributed by atoms with Crippen LogP contribution in [-0.2, 0) is 9.31 Å². The number of benzene rings is 1. The molecule has 1 aromatic heterocycles. The summed E-state index contributed by atoms with van der Waals surface area (Å²) in [6.45, 7) is 10.4. The summed E-state index contributed by atoms with van der Waals surface area (Å²) in [5, 5.41) is 3.28. The zero-order chi connectivity index (χ0) is 16.8. The van der Waals surface area contributed by atoms with Crippen molar-refractivity contribution >= 4 is 23.6 Å². The van der Waals surface area contributed by atoms with E-state index in [1.54, 1.807) is 0 Å². The molecule has 6 heteroatoms. The fraction of sp³-hybridized carbons (Fsp3) is 0.588. The molecule has 1 aliphatic heterocycles. The van der Waals surface area contributed by atoms with E-state index in [0.717, 1.165) is 28.7 Å². The highest BCUT2D eigenvalue weighted by Gasteiger charge is 2.51. The van der Waals surface area contributed by atoms with E-state index in [-0.39, 0.29) is 24.4 Å². The van der Waals surface area contributed by atoms with E-state index in [9.17, 15) is 0 Å². The zero-order valence-corrected chi connectivity index (χ0v) is 14.9. The van der Waals surface area contributed by atoms with Gasteiger partial charge in [-0.2, -0.15) is 0 Å². The van der Waals surface area contributed by atoms with Crippen molar-refractivity contribution in [2.24, 2.45) is 0 Å². The Morgan fingerprint density at radius 2 is 1.87 bits per heavy atom. The minimum Gasteiger partial charge on any atom is -0.399 e. The largest absolute Gasteiger partial charge is 0.494 e. The van der Waals surface area contributed by atoms with Crippen LogP contribution < -0.4 is 10.8 Å². The lowest BCUT2D eigenvalue weighted by atomic mass is 9.79. The average molecular weight is 315 g/mol. The number of aromatic nitrogens is 2. The Kier molecular flexibility index (Phi) is 4.03. The van der Waals surface area contributed by atoms with Crippen molar-refractivity contribution in [2.75, 3.05) is 7.05 Å². The van der Waals surface area contributed by atoms with Crippen LogP contribution in [0.4, 0.5) is 0 Å². The second kappa shape index (κ2) is 5.62. The smallest absolute Gasteiger partial charge is 0.399 e. The van der Waals surface area contributed by atoms with Crippen molar-refractivity contribution in [3.8, 4) is 0 Å². The Balaban J connectivity index is 1.92. The molecular weight excluding hydrogens is 289 g/mol. The monoisotopic (exact) mass is 315 g/mol. The van der Waals surface area contributed by atoms with Crippen LogP contribution >= 0.6 is 0 Å². The number of imidazole rings is 1. The fourth-order valence-corrected chi connectivity index (χ4v) is 2.87. The topological polar surface area (TPSA) is 59.2 Å². The molecule has 0 amide bonds. The summed E-state index contributed by atoms with van der Waals surface area (Å²) < 4.78 is 12.3. The Bertz CT molecular complexity index is 691. The third-order valence-electron chi connectivity index (χ3n) is 5.14. The van der Waals surface area contributed by atoms with Gasteiger partial charge in [-0.25, -0.2) is 4.98 Å². The van der Waals surface area contributed by atoms with Crippen LogP contribution in [0.3, 0.4) is 0 Å². The molecule has 2 N–H and O–H groups in total. The van der Waals surface area contributed by atoms with E-state index in [4.69, 9.17) is 9.31 Å². The molecule has 0 bridgehead atoms. The minimum absolute atomic E-state index is 0.239. The summed E-state index contributed by atoms with van der Waals surface area (Å²) in [6, 6.07) is 6.38. The summed E-state index contributed by atoms with van der Waals surface area (Å²) in [5.41, 5.74) is 2.34. The van der Waals surface area contributed by atoms with Gasteiger partial charge in [-0.1, -0.05) is 13.0 Å². The van der Waals surface area contributed by atoms with Crippen molar-refractivity contribution in [1.82, 2.24) is 15.3 Å². The maximum atomic E-state index is 6.13. The van der Waals surface area contributed by atoms with Gasteiger partial charge in [-0.05, 0) is 58.8 Å². The van der Waals surface area contributed by atoms with Gasteiger partial charge in [0, 0.05) is 0 Å². The second-order valence-corrected chi connectivity index (χ2v) is 7.24. The van der Waals surface area contributed by atoms with E-state index in [1.807, 2.05) is 19.2 Å². The number of aromatic amines is 1. The van der Waals surface area contributed by atoms with Gasteiger partial charge in [0.15, 0.2) is 0 Å². The van der Waals surface area contributed by atoms with Crippen molar-refractivity contribution in [1.29, 1.82) is 0 Å². The van der Waals surface area contributed by atoms with Gasteiger partial charge in [-0.15, -0.1) is 0 Å². The van der Waals surface area contributed by atoms with Gasteiger partial charge in [0.05, 0.1) is 28.3 Å². The standard InChI is InChI=1S/C17H26BN3O2/c1-7-12(19-6)15-20-13-9-8-11(10-14(13)21-15)18-22-16(2,3)17(4,5)23-18/h8-10,12,19H,7H2,1-6H3,(H,20,21). The lowest BCUT2D eigenvalue weighted by Gasteiger charge is -2.32. The van der Waals surface area contributed by atoms with Crippen LogP contribution in [0.15, 0.2) is 18.2 Å². The first kappa shape index (κ1) is 16.5. The first-order chi connectivity index (χ1) is 10.8. The molecule has 0 aliphatic carbocycles. The predicted octanol–water partition coefficient (Wildman–Crippen LogP) is 2.53. The summed E-state index contributed by atoms with van der Waals surface area (Å²) >= 11 is 0. The summed E-state index contributed by atoms with van der Waals surface area (Å²) in [7, 11) is 1.61. The van der Waals surface area contributed by atoms with E-state index >= 15 is 0 Å². The molecule has 3 rings (SSSR count). The van der Waals surface area contributed by atoms with Gasteiger partial charge >= 0.3 is 7.12 Å². The number of nitrogens with one attached hydrogen (secondary N) is 2. The number of hydrogen-bond donors (Lipinski definition) is 2. The quantitative estimate of drug-likeness (QED) is 0.851. The molecule has 1 fully saturated rings. The highest BCUT2D eigenvalue weighted by molar-refractivity contribution is 6.62. The first-order valence-corrected chi connectivity index (χ1v) is 8.30. The molecule has 0 spiro atoms. The SMILES string of the molecule is CCC(NC)c1nc2ccc(B3OC(C)(C)C(C)(C)O3)cc2[nH]1. The lowest BCUT2D eigenvalue weighted by Crippen LogP contribution is -2.41. The summed E-state index contributed by atoms with van der Waals surface area (Å²) in [5.74, 6) is 0.969. The Morgan fingerprint density at radius 1 is 1.22 bits per heavy atom. The normalized spacial score (nSPS) is 21.0. The summed E-state index contributed by atoms with van der Waals surface area (Å²) in [6.07, 6.45) is 0.987.